The van der Waals surface area contributed by atoms with Crippen LogP contribution < -0.4 is 5.32 Å². The lowest BCUT2D eigenvalue weighted by Crippen LogP contribution is -2.48. The van der Waals surface area contributed by atoms with Gasteiger partial charge in [0, 0.05) is 31.9 Å². The summed E-state index contributed by atoms with van der Waals surface area (Å²) in [5.41, 5.74) is 2.55. The molecule has 1 aliphatic heterocycles. The van der Waals surface area contributed by atoms with Crippen LogP contribution in [0.3, 0.4) is 0 Å². The maximum Gasteiger partial charge on any atom is 0.257 e. The van der Waals surface area contributed by atoms with Gasteiger partial charge in [-0.3, -0.25) is 9.48 Å². The predicted octanol–water partition coefficient (Wildman–Crippen LogP) is 1.25. The van der Waals surface area contributed by atoms with Crippen molar-refractivity contribution in [2.45, 2.75) is 39.7 Å². The van der Waals surface area contributed by atoms with Crippen LogP contribution in [0.4, 0.5) is 0 Å². The first-order valence-corrected chi connectivity index (χ1v) is 7.08. The molecule has 1 aliphatic rings. The second-order valence-electron chi connectivity index (χ2n) is 5.26. The summed E-state index contributed by atoms with van der Waals surface area (Å²) in [6, 6.07) is 0.310. The van der Waals surface area contributed by atoms with E-state index >= 15 is 0 Å². The van der Waals surface area contributed by atoms with Crippen LogP contribution >= 0.6 is 0 Å². The molecule has 5 nitrogen and oxygen atoms in total. The molecule has 2 rings (SSSR count). The summed E-state index contributed by atoms with van der Waals surface area (Å²) in [6.45, 7) is 8.63. The van der Waals surface area contributed by atoms with Crippen LogP contribution in [0, 0.1) is 13.8 Å². The standard InChI is InChI=1S/C14H24N4O/c1-5-18(12-7-6-8-15-9-12)14(19)13-10(2)16-17(4)11(13)3/h12,15H,5-9H2,1-4H3. The molecule has 1 N–H and O–H groups in total. The maximum absolute atomic E-state index is 12.8. The van der Waals surface area contributed by atoms with Gasteiger partial charge >= 0.3 is 0 Å². The number of nitrogens with zero attached hydrogens (tertiary/aromatic N) is 3. The van der Waals surface area contributed by atoms with E-state index in [9.17, 15) is 4.79 Å². The summed E-state index contributed by atoms with van der Waals surface area (Å²) in [6.07, 6.45) is 2.23. The molecule has 1 fully saturated rings. The molecule has 0 spiro atoms. The topological polar surface area (TPSA) is 50.2 Å². The Morgan fingerprint density at radius 2 is 2.26 bits per heavy atom. The molecular weight excluding hydrogens is 240 g/mol. The van der Waals surface area contributed by atoms with Crippen molar-refractivity contribution in [2.24, 2.45) is 7.05 Å². The predicted molar refractivity (Wildman–Crippen MR) is 75.3 cm³/mol. The number of aromatic nitrogens is 2. The monoisotopic (exact) mass is 264 g/mol. The number of nitrogens with one attached hydrogen (secondary N) is 1. The minimum absolute atomic E-state index is 0.124. The van der Waals surface area contributed by atoms with Gasteiger partial charge in [0.15, 0.2) is 0 Å². The van der Waals surface area contributed by atoms with Gasteiger partial charge in [-0.15, -0.1) is 0 Å². The van der Waals surface area contributed by atoms with Crippen LogP contribution in [0.2, 0.25) is 0 Å². The van der Waals surface area contributed by atoms with E-state index < -0.39 is 0 Å². The molecule has 19 heavy (non-hydrogen) atoms. The summed E-state index contributed by atoms with van der Waals surface area (Å²) in [4.78, 5) is 14.8. The zero-order valence-electron chi connectivity index (χ0n) is 12.4. The third-order valence-corrected chi connectivity index (χ3v) is 4.04. The van der Waals surface area contributed by atoms with Gasteiger partial charge in [0.05, 0.1) is 11.3 Å². The van der Waals surface area contributed by atoms with Crippen LogP contribution in [0.25, 0.3) is 0 Å². The first-order chi connectivity index (χ1) is 9.06. The van der Waals surface area contributed by atoms with Crippen molar-refractivity contribution < 1.29 is 4.79 Å². The number of rotatable bonds is 3. The van der Waals surface area contributed by atoms with Crippen molar-refractivity contribution in [3.63, 3.8) is 0 Å². The SMILES string of the molecule is CCN(C(=O)c1c(C)nn(C)c1C)C1CCCNC1. The van der Waals surface area contributed by atoms with Gasteiger partial charge in [-0.25, -0.2) is 0 Å². The Morgan fingerprint density at radius 3 is 2.74 bits per heavy atom. The molecule has 106 valence electrons. The molecule has 0 aromatic carbocycles. The number of carbonyl (C=O) groups is 1. The Hall–Kier alpha value is -1.36. The average Bonchev–Trinajstić information content (AvgIpc) is 2.65. The molecule has 1 aromatic rings. The molecular formula is C14H24N4O. The van der Waals surface area contributed by atoms with Gasteiger partial charge in [0.25, 0.3) is 5.91 Å². The van der Waals surface area contributed by atoms with Crippen LogP contribution in [0.15, 0.2) is 0 Å². The highest BCUT2D eigenvalue weighted by molar-refractivity contribution is 5.96. The second kappa shape index (κ2) is 5.74. The van der Waals surface area contributed by atoms with E-state index in [1.807, 2.05) is 32.7 Å². The number of piperidine rings is 1. The molecule has 2 heterocycles. The first-order valence-electron chi connectivity index (χ1n) is 7.08. The zero-order valence-corrected chi connectivity index (χ0v) is 12.4. The van der Waals surface area contributed by atoms with Gasteiger partial charge < -0.3 is 10.2 Å². The van der Waals surface area contributed by atoms with E-state index in [-0.39, 0.29) is 5.91 Å². The quantitative estimate of drug-likeness (QED) is 0.894. The fraction of sp³-hybridized carbons (Fsp3) is 0.714. The van der Waals surface area contributed by atoms with E-state index in [0.717, 1.165) is 49.4 Å². The van der Waals surface area contributed by atoms with Crippen molar-refractivity contribution in [2.75, 3.05) is 19.6 Å². The van der Waals surface area contributed by atoms with Crippen molar-refractivity contribution in [1.82, 2.24) is 20.0 Å². The molecule has 0 radical (unpaired) electrons. The summed E-state index contributed by atoms with van der Waals surface area (Å²) < 4.78 is 1.79. The third kappa shape index (κ3) is 2.66. The van der Waals surface area contributed by atoms with Gasteiger partial charge in [-0.1, -0.05) is 0 Å². The summed E-state index contributed by atoms with van der Waals surface area (Å²) >= 11 is 0. The number of amides is 1. The average molecular weight is 264 g/mol. The first kappa shape index (κ1) is 14.1. The van der Waals surface area contributed by atoms with Gasteiger partial charge in [-0.2, -0.15) is 5.10 Å². The summed E-state index contributed by atoms with van der Waals surface area (Å²) in [7, 11) is 1.89. The lowest BCUT2D eigenvalue weighted by Gasteiger charge is -2.34. The highest BCUT2D eigenvalue weighted by Crippen LogP contribution is 2.19. The van der Waals surface area contributed by atoms with Crippen LogP contribution in [0.5, 0.6) is 0 Å². The largest absolute Gasteiger partial charge is 0.335 e. The lowest BCUT2D eigenvalue weighted by atomic mass is 10.0. The van der Waals surface area contributed by atoms with Crippen LogP contribution in [-0.4, -0.2) is 46.3 Å². The van der Waals surface area contributed by atoms with Crippen LogP contribution in [0.1, 0.15) is 41.5 Å². The molecule has 0 saturated carbocycles. The van der Waals surface area contributed by atoms with Gasteiger partial charge in [-0.05, 0) is 40.2 Å². The fourth-order valence-corrected chi connectivity index (χ4v) is 2.89. The van der Waals surface area contributed by atoms with Crippen molar-refractivity contribution >= 4 is 5.91 Å². The maximum atomic E-state index is 12.8. The molecule has 1 atom stereocenters. The Bertz CT molecular complexity index is 460. The number of hydrogen-bond acceptors (Lipinski definition) is 3. The van der Waals surface area contributed by atoms with Crippen molar-refractivity contribution in [1.29, 1.82) is 0 Å². The Kier molecular flexibility index (Phi) is 4.24. The highest BCUT2D eigenvalue weighted by atomic mass is 16.2. The van der Waals surface area contributed by atoms with E-state index in [2.05, 4.69) is 10.4 Å². The third-order valence-electron chi connectivity index (χ3n) is 4.04. The molecule has 0 bridgehead atoms. The smallest absolute Gasteiger partial charge is 0.257 e. The molecule has 5 heteroatoms. The van der Waals surface area contributed by atoms with Gasteiger partial charge in [0.1, 0.15) is 0 Å². The lowest BCUT2D eigenvalue weighted by molar-refractivity contribution is 0.0660. The Morgan fingerprint density at radius 1 is 1.53 bits per heavy atom. The van der Waals surface area contributed by atoms with Gasteiger partial charge in [0.2, 0.25) is 0 Å². The van der Waals surface area contributed by atoms with E-state index in [1.54, 1.807) is 4.68 Å². The van der Waals surface area contributed by atoms with Crippen molar-refractivity contribution in [3.8, 4) is 0 Å². The fourth-order valence-electron chi connectivity index (χ4n) is 2.89. The Balaban J connectivity index is 2.24. The molecule has 0 aliphatic carbocycles. The number of aryl methyl sites for hydroxylation is 2. The van der Waals surface area contributed by atoms with Crippen LogP contribution in [-0.2, 0) is 7.05 Å². The molecule has 1 saturated heterocycles. The summed E-state index contributed by atoms with van der Waals surface area (Å²) in [5, 5.41) is 7.72. The molecule has 1 amide bonds. The minimum Gasteiger partial charge on any atom is -0.335 e. The normalized spacial score (nSPS) is 19.5. The zero-order chi connectivity index (χ0) is 14.0. The van der Waals surface area contributed by atoms with E-state index in [4.69, 9.17) is 0 Å². The number of likely N-dealkylation sites (N-methyl/N-ethyl adjacent to an activating group) is 1. The molecule has 1 aromatic heterocycles. The van der Waals surface area contributed by atoms with E-state index in [1.165, 1.54) is 0 Å². The highest BCUT2D eigenvalue weighted by Gasteiger charge is 2.28. The van der Waals surface area contributed by atoms with Crippen molar-refractivity contribution in [3.05, 3.63) is 17.0 Å². The van der Waals surface area contributed by atoms with E-state index in [0.29, 0.717) is 6.04 Å². The minimum atomic E-state index is 0.124. The Labute approximate surface area is 115 Å². The second-order valence-corrected chi connectivity index (χ2v) is 5.26. The number of hydrogen-bond donors (Lipinski definition) is 1. The molecule has 1 unspecified atom stereocenters. The summed E-state index contributed by atoms with van der Waals surface area (Å²) in [5.74, 6) is 0.124. The number of carbonyl (C=O) groups excluding carboxylic acids is 1.